The number of nitrogens with zero attached hydrogens (tertiary/aromatic N) is 4. The third-order valence-electron chi connectivity index (χ3n) is 23.1. The minimum Gasteiger partial charge on any atom is -0.311 e. The van der Waals surface area contributed by atoms with Crippen molar-refractivity contribution in [2.75, 3.05) is 9.80 Å². The molecule has 0 aliphatic heterocycles. The summed E-state index contributed by atoms with van der Waals surface area (Å²) in [5, 5.41) is 15.0. The van der Waals surface area contributed by atoms with Gasteiger partial charge in [-0.2, -0.15) is 0 Å². The summed E-state index contributed by atoms with van der Waals surface area (Å²) < 4.78 is 9.89. The van der Waals surface area contributed by atoms with Crippen LogP contribution in [0, 0.1) is 11.8 Å². The molecule has 0 saturated heterocycles. The van der Waals surface area contributed by atoms with Crippen molar-refractivity contribution in [1.29, 1.82) is 0 Å². The van der Waals surface area contributed by atoms with Crippen molar-refractivity contribution in [3.05, 3.63) is 448 Å². The van der Waals surface area contributed by atoms with E-state index in [1.54, 1.807) is 0 Å². The van der Waals surface area contributed by atoms with Crippen molar-refractivity contribution in [3.63, 3.8) is 0 Å². The van der Waals surface area contributed by atoms with Crippen LogP contribution < -0.4 is 9.80 Å². The van der Waals surface area contributed by atoms with E-state index in [0.29, 0.717) is 0 Å². The van der Waals surface area contributed by atoms with Gasteiger partial charge in [0, 0.05) is 124 Å². The van der Waals surface area contributed by atoms with Crippen molar-refractivity contribution < 1.29 is 0 Å². The van der Waals surface area contributed by atoms with Gasteiger partial charge in [0.05, 0.1) is 22.1 Å². The first-order valence-corrected chi connectivity index (χ1v) is 41.7. The minimum absolute atomic E-state index is 0.978. The van der Waals surface area contributed by atoms with E-state index < -0.39 is 0 Å². The van der Waals surface area contributed by atoms with E-state index in [2.05, 4.69) is 468 Å². The molecule has 4 nitrogen and oxygen atoms in total. The summed E-state index contributed by atoms with van der Waals surface area (Å²) in [6, 6.07) is 158. The molecule has 0 atom stereocenters. The van der Waals surface area contributed by atoms with Crippen molar-refractivity contribution in [1.82, 2.24) is 9.13 Å². The number of para-hydroxylation sites is 8. The Morgan fingerprint density at radius 3 is 1.17 bits per heavy atom. The van der Waals surface area contributed by atoms with E-state index in [9.17, 15) is 0 Å². The normalized spacial score (nSPS) is 11.5. The SMILES string of the molecule is C(#Cc1c(-c2ccc(N(c3ccccc3)c3ccccc3)cc2)cc2c(sc3ccccc32)c1-c1ccccc1)c1ccc2c(c1)c1ccccc1n2-c1ccccc1.c1ccc(-c2c(-c3ccc4c(c3)c3ccccc3n4-c3ccccc3)c3cc(N(c4ccccc4)c4ccccc4)ccc3c3cc4c(cc23)sc2ccccc24)cc1. The first-order valence-electron chi connectivity index (χ1n) is 40.1. The highest BCUT2D eigenvalue weighted by atomic mass is 32.1. The Morgan fingerprint density at radius 2 is 0.610 bits per heavy atom. The Kier molecular flexibility index (Phi) is 17.5. The van der Waals surface area contributed by atoms with E-state index in [4.69, 9.17) is 0 Å². The molecule has 0 radical (unpaired) electrons. The second-order valence-electron chi connectivity index (χ2n) is 30.0. The molecule has 0 aliphatic rings. The Morgan fingerprint density at radius 1 is 0.203 bits per heavy atom. The quantitative estimate of drug-likeness (QED) is 0.0895. The molecule has 0 bridgehead atoms. The highest BCUT2D eigenvalue weighted by Gasteiger charge is 2.26. The second-order valence-corrected chi connectivity index (χ2v) is 32.1. The van der Waals surface area contributed by atoms with Crippen LogP contribution in [0.4, 0.5) is 34.1 Å². The third kappa shape index (κ3) is 12.2. The lowest BCUT2D eigenvalue weighted by atomic mass is 9.84. The first kappa shape index (κ1) is 69.6. The molecule has 0 N–H and O–H groups in total. The third-order valence-corrected chi connectivity index (χ3v) is 25.5. The molecule has 23 rings (SSSR count). The number of benzene rings is 19. The van der Waals surface area contributed by atoms with Gasteiger partial charge in [-0.15, -0.1) is 22.7 Å². The number of fused-ring (bicyclic) bond motifs is 15. The largest absolute Gasteiger partial charge is 0.311 e. The first-order chi connectivity index (χ1) is 58.6. The van der Waals surface area contributed by atoms with Gasteiger partial charge in [-0.3, -0.25) is 0 Å². The lowest BCUT2D eigenvalue weighted by molar-refractivity contribution is 1.18. The van der Waals surface area contributed by atoms with Gasteiger partial charge < -0.3 is 18.9 Å². The topological polar surface area (TPSA) is 16.3 Å². The van der Waals surface area contributed by atoms with Gasteiger partial charge in [0.25, 0.3) is 0 Å². The summed E-state index contributed by atoms with van der Waals surface area (Å²) in [6.45, 7) is 0. The fourth-order valence-electron chi connectivity index (χ4n) is 17.9. The van der Waals surface area contributed by atoms with Gasteiger partial charge in [-0.25, -0.2) is 0 Å². The van der Waals surface area contributed by atoms with Crippen molar-refractivity contribution in [3.8, 4) is 67.7 Å². The molecule has 0 amide bonds. The molecule has 6 heteroatoms. The van der Waals surface area contributed by atoms with Crippen molar-refractivity contribution in [2.45, 2.75) is 0 Å². The van der Waals surface area contributed by atoms with Crippen LogP contribution in [0.2, 0.25) is 0 Å². The fourth-order valence-corrected chi connectivity index (χ4v) is 20.3. The summed E-state index contributed by atoms with van der Waals surface area (Å²) >= 11 is 3.73. The Hall–Kier alpha value is -15.1. The van der Waals surface area contributed by atoms with Gasteiger partial charge >= 0.3 is 0 Å². The zero-order chi connectivity index (χ0) is 78.0. The van der Waals surface area contributed by atoms with Gasteiger partial charge in [0.15, 0.2) is 0 Å². The smallest absolute Gasteiger partial charge is 0.0541 e. The van der Waals surface area contributed by atoms with Crippen LogP contribution in [-0.2, 0) is 0 Å². The van der Waals surface area contributed by atoms with E-state index >= 15 is 0 Å². The monoisotopic (exact) mass is 1540 g/mol. The van der Waals surface area contributed by atoms with Crippen LogP contribution in [0.3, 0.4) is 0 Å². The Bertz CT molecular complexity index is 7740. The zero-order valence-corrected chi connectivity index (χ0v) is 65.8. The number of hydrogen-bond acceptors (Lipinski definition) is 4. The molecule has 0 saturated carbocycles. The molecule has 4 aromatic heterocycles. The fraction of sp³-hybridized carbons (Fsp3) is 0. The highest BCUT2D eigenvalue weighted by Crippen LogP contribution is 2.52. The molecule has 552 valence electrons. The van der Waals surface area contributed by atoms with Crippen LogP contribution >= 0.6 is 22.7 Å². The van der Waals surface area contributed by atoms with Crippen molar-refractivity contribution in [2.24, 2.45) is 0 Å². The molecule has 0 fully saturated rings. The molecule has 0 spiro atoms. The van der Waals surface area contributed by atoms with E-state index in [0.717, 1.165) is 73.3 Å². The highest BCUT2D eigenvalue weighted by molar-refractivity contribution is 7.26. The zero-order valence-electron chi connectivity index (χ0n) is 64.2. The van der Waals surface area contributed by atoms with Gasteiger partial charge in [-0.1, -0.05) is 279 Å². The molecule has 118 heavy (non-hydrogen) atoms. The molecular weight excluding hydrogens is 1470 g/mol. The predicted molar refractivity (Wildman–Crippen MR) is 506 cm³/mol. The molecule has 0 unspecified atom stereocenters. The summed E-state index contributed by atoms with van der Waals surface area (Å²) in [5.74, 6) is 7.51. The maximum absolute atomic E-state index is 3.81. The molecule has 19 aromatic carbocycles. The molecular formula is C112H72N4S2. The predicted octanol–water partition coefficient (Wildman–Crippen LogP) is 31.6. The average Bonchev–Trinajstić information content (AvgIpc) is 1.27. The van der Waals surface area contributed by atoms with Crippen LogP contribution in [0.15, 0.2) is 437 Å². The number of thiophene rings is 2. The second kappa shape index (κ2) is 29.7. The summed E-state index contributed by atoms with van der Waals surface area (Å²) in [5.41, 5.74) is 25.2. The van der Waals surface area contributed by atoms with E-state index in [-0.39, 0.29) is 0 Å². The maximum atomic E-state index is 3.81. The van der Waals surface area contributed by atoms with E-state index in [1.165, 1.54) is 133 Å². The van der Waals surface area contributed by atoms with Gasteiger partial charge in [-0.05, 0) is 230 Å². The average molecular weight is 1540 g/mol. The van der Waals surface area contributed by atoms with Gasteiger partial charge in [0.2, 0.25) is 0 Å². The molecule has 23 aromatic rings. The Labute approximate surface area is 691 Å². The van der Waals surface area contributed by atoms with Gasteiger partial charge in [0.1, 0.15) is 0 Å². The van der Waals surface area contributed by atoms with E-state index in [1.807, 2.05) is 22.7 Å². The van der Waals surface area contributed by atoms with Crippen molar-refractivity contribution >= 4 is 162 Å². The minimum atomic E-state index is 0.978. The summed E-state index contributed by atoms with van der Waals surface area (Å²) in [6.07, 6.45) is 0. The number of aromatic nitrogens is 2. The lowest BCUT2D eigenvalue weighted by Crippen LogP contribution is -2.09. The lowest BCUT2D eigenvalue weighted by Gasteiger charge is -2.27. The van der Waals surface area contributed by atoms with Crippen LogP contribution in [0.5, 0.6) is 0 Å². The number of anilines is 6. The van der Waals surface area contributed by atoms with Crippen LogP contribution in [0.25, 0.3) is 161 Å². The Balaban J connectivity index is 0.000000142. The number of hydrogen-bond donors (Lipinski definition) is 0. The maximum Gasteiger partial charge on any atom is 0.0541 e. The molecule has 4 heterocycles. The summed E-state index contributed by atoms with van der Waals surface area (Å²) in [4.78, 5) is 4.68. The summed E-state index contributed by atoms with van der Waals surface area (Å²) in [7, 11) is 0. The van der Waals surface area contributed by atoms with Crippen LogP contribution in [-0.4, -0.2) is 9.13 Å². The van der Waals surface area contributed by atoms with Crippen LogP contribution in [0.1, 0.15) is 11.1 Å². The number of rotatable bonds is 12. The molecule has 0 aliphatic carbocycles. The standard InChI is InChI=1S/2C56H36N2S/c1-5-17-37(18-6-1)55-50-36-54-48(45-26-14-16-28-53(45)59-54)35-46(50)43-31-30-42(57(39-19-7-2-8-20-39)40-21-9-3-10-22-40)34-49(43)56(55)38-29-32-52-47(33-38)44-25-13-15-27-51(44)58(52)41-23-11-4-12-24-41;1-5-17-41(18-6-1)55-48(35-29-39-30-36-53-50(37-39)46-25-13-15-27-52(46)58(53)44-23-11-4-12-24-44)49(38-51-47-26-14-16-28-54(47)59-56(51)55)40-31-33-45(34-32-40)57(42-19-7-2-8-20-42)43-21-9-3-10-22-43/h1-36H;1-28,30-34,36-38H.